The Morgan fingerprint density at radius 2 is 1.61 bits per heavy atom. The normalized spacial score (nSPS) is 13.5. The van der Waals surface area contributed by atoms with Crippen LogP contribution in [0.5, 0.6) is 0 Å². The van der Waals surface area contributed by atoms with Gasteiger partial charge in [-0.1, -0.05) is 42.5 Å². The van der Waals surface area contributed by atoms with E-state index >= 15 is 0 Å². The minimum absolute atomic E-state index is 0.152. The second kappa shape index (κ2) is 8.83. The summed E-state index contributed by atoms with van der Waals surface area (Å²) in [5.74, 6) is -1.07. The Bertz CT molecular complexity index is 1150. The third-order valence-corrected chi connectivity index (χ3v) is 5.01. The van der Waals surface area contributed by atoms with Gasteiger partial charge in [0, 0.05) is 17.2 Å². The van der Waals surface area contributed by atoms with Crippen LogP contribution in [0.4, 0.5) is 15.8 Å². The number of nitrogens with two attached hydrogens (primary N) is 1. The molecule has 31 heavy (non-hydrogen) atoms. The molecule has 5 nitrogen and oxygen atoms in total. The van der Waals surface area contributed by atoms with Crippen LogP contribution in [-0.4, -0.2) is 17.9 Å². The molecule has 0 radical (unpaired) electrons. The third-order valence-electron chi connectivity index (χ3n) is 5.01. The minimum Gasteiger partial charge on any atom is -0.397 e. The van der Waals surface area contributed by atoms with Gasteiger partial charge in [0.25, 0.3) is 11.8 Å². The first-order valence-corrected chi connectivity index (χ1v) is 10.0. The fourth-order valence-electron chi connectivity index (χ4n) is 3.14. The molecule has 2 amide bonds. The Morgan fingerprint density at radius 3 is 2.29 bits per heavy atom. The van der Waals surface area contributed by atoms with Crippen molar-refractivity contribution in [2.24, 2.45) is 0 Å². The van der Waals surface area contributed by atoms with Crippen LogP contribution >= 0.6 is 0 Å². The molecule has 3 aromatic rings. The molecular formula is C25H22FN3O2. The molecule has 4 rings (SSSR count). The smallest absolute Gasteiger partial charge is 0.255 e. The average Bonchev–Trinajstić information content (AvgIpc) is 3.58. The number of nitrogens with one attached hydrogen (secondary N) is 2. The van der Waals surface area contributed by atoms with Gasteiger partial charge in [-0.25, -0.2) is 4.39 Å². The van der Waals surface area contributed by atoms with Crippen molar-refractivity contribution in [1.82, 2.24) is 5.32 Å². The quantitative estimate of drug-likeness (QED) is 0.315. The first-order valence-electron chi connectivity index (χ1n) is 10.0. The molecule has 4 N–H and O–H groups in total. The molecule has 1 saturated carbocycles. The molecule has 1 aliphatic carbocycles. The van der Waals surface area contributed by atoms with Gasteiger partial charge in [0.2, 0.25) is 0 Å². The van der Waals surface area contributed by atoms with E-state index in [2.05, 4.69) is 10.6 Å². The summed E-state index contributed by atoms with van der Waals surface area (Å²) in [5, 5.41) is 5.69. The van der Waals surface area contributed by atoms with Crippen LogP contribution in [-0.2, 0) is 4.79 Å². The number of benzene rings is 3. The largest absolute Gasteiger partial charge is 0.397 e. The van der Waals surface area contributed by atoms with Gasteiger partial charge >= 0.3 is 0 Å². The van der Waals surface area contributed by atoms with E-state index in [9.17, 15) is 14.0 Å². The summed E-state index contributed by atoms with van der Waals surface area (Å²) in [6.45, 7) is 0. The summed E-state index contributed by atoms with van der Waals surface area (Å²) in [7, 11) is 0. The lowest BCUT2D eigenvalue weighted by Gasteiger charge is -2.11. The molecule has 0 saturated heterocycles. The first-order chi connectivity index (χ1) is 15.0. The Labute approximate surface area is 179 Å². The molecule has 0 aliphatic heterocycles. The molecule has 0 atom stereocenters. The van der Waals surface area contributed by atoms with Gasteiger partial charge in [0.15, 0.2) is 0 Å². The van der Waals surface area contributed by atoms with Gasteiger partial charge in [0.1, 0.15) is 5.82 Å². The third kappa shape index (κ3) is 4.98. The van der Waals surface area contributed by atoms with Gasteiger partial charge in [-0.2, -0.15) is 0 Å². The minimum atomic E-state index is -0.462. The summed E-state index contributed by atoms with van der Waals surface area (Å²) in [4.78, 5) is 25.2. The highest BCUT2D eigenvalue weighted by atomic mass is 19.1. The Hall–Kier alpha value is -3.93. The van der Waals surface area contributed by atoms with E-state index in [0.29, 0.717) is 22.5 Å². The SMILES string of the molecule is Nc1ccccc1NC(=O)c1ccc(C=C(C(=O)NC2CC2)c2ccccc2F)cc1. The standard InChI is InChI=1S/C25H22FN3O2/c26-21-6-2-1-5-19(21)20(25(31)28-18-13-14-18)15-16-9-11-17(12-10-16)24(30)29-23-8-4-3-7-22(23)27/h1-12,15,18H,13-14,27H2,(H,28,31)(H,29,30). The zero-order valence-electron chi connectivity index (χ0n) is 16.8. The Morgan fingerprint density at radius 1 is 0.935 bits per heavy atom. The van der Waals surface area contributed by atoms with Crippen molar-refractivity contribution < 1.29 is 14.0 Å². The number of halogens is 1. The van der Waals surface area contributed by atoms with Gasteiger partial charge in [-0.3, -0.25) is 9.59 Å². The maximum atomic E-state index is 14.4. The highest BCUT2D eigenvalue weighted by molar-refractivity contribution is 6.24. The van der Waals surface area contributed by atoms with Crippen molar-refractivity contribution in [3.8, 4) is 0 Å². The van der Waals surface area contributed by atoms with Crippen molar-refractivity contribution in [1.29, 1.82) is 0 Å². The number of para-hydroxylation sites is 2. The highest BCUT2D eigenvalue weighted by Gasteiger charge is 2.26. The van der Waals surface area contributed by atoms with Crippen molar-refractivity contribution in [3.05, 3.63) is 95.3 Å². The molecule has 6 heteroatoms. The van der Waals surface area contributed by atoms with E-state index in [0.717, 1.165) is 12.8 Å². The number of carbonyl (C=O) groups excluding carboxylic acids is 2. The molecule has 156 valence electrons. The number of amides is 2. The number of carbonyl (C=O) groups is 2. The Kier molecular flexibility index (Phi) is 5.80. The number of hydrogen-bond donors (Lipinski definition) is 3. The van der Waals surface area contributed by atoms with E-state index in [1.165, 1.54) is 6.07 Å². The van der Waals surface area contributed by atoms with E-state index in [1.54, 1.807) is 72.8 Å². The molecule has 1 aliphatic rings. The van der Waals surface area contributed by atoms with E-state index in [-0.39, 0.29) is 29.0 Å². The van der Waals surface area contributed by atoms with Crippen LogP contribution in [0.2, 0.25) is 0 Å². The fourth-order valence-corrected chi connectivity index (χ4v) is 3.14. The second-order valence-electron chi connectivity index (χ2n) is 7.45. The van der Waals surface area contributed by atoms with Crippen LogP contribution in [0, 0.1) is 5.82 Å². The zero-order chi connectivity index (χ0) is 21.8. The lowest BCUT2D eigenvalue weighted by Crippen LogP contribution is -2.26. The van der Waals surface area contributed by atoms with Gasteiger partial charge in [0.05, 0.1) is 16.9 Å². The maximum Gasteiger partial charge on any atom is 0.255 e. The summed E-state index contributed by atoms with van der Waals surface area (Å²) < 4.78 is 14.4. The van der Waals surface area contributed by atoms with E-state index in [1.807, 2.05) is 0 Å². The summed E-state index contributed by atoms with van der Waals surface area (Å²) in [5.41, 5.74) is 8.49. The molecule has 0 heterocycles. The zero-order valence-corrected chi connectivity index (χ0v) is 16.8. The lowest BCUT2D eigenvalue weighted by molar-refractivity contribution is -0.115. The molecule has 0 aromatic heterocycles. The van der Waals surface area contributed by atoms with Crippen LogP contribution in [0.15, 0.2) is 72.8 Å². The van der Waals surface area contributed by atoms with Crippen LogP contribution in [0.1, 0.15) is 34.3 Å². The van der Waals surface area contributed by atoms with Crippen molar-refractivity contribution in [2.75, 3.05) is 11.1 Å². The molecule has 0 spiro atoms. The van der Waals surface area contributed by atoms with Gasteiger partial charge < -0.3 is 16.4 Å². The fraction of sp³-hybridized carbons (Fsp3) is 0.120. The van der Waals surface area contributed by atoms with Crippen LogP contribution < -0.4 is 16.4 Å². The van der Waals surface area contributed by atoms with Crippen molar-refractivity contribution in [3.63, 3.8) is 0 Å². The molecule has 1 fully saturated rings. The topological polar surface area (TPSA) is 84.2 Å². The lowest BCUT2D eigenvalue weighted by atomic mass is 10.0. The number of anilines is 2. The summed E-state index contributed by atoms with van der Waals surface area (Å²) in [6.07, 6.45) is 3.51. The first kappa shape index (κ1) is 20.3. The monoisotopic (exact) mass is 415 g/mol. The maximum absolute atomic E-state index is 14.4. The van der Waals surface area contributed by atoms with Crippen molar-refractivity contribution in [2.45, 2.75) is 18.9 Å². The summed E-state index contributed by atoms with van der Waals surface area (Å²) >= 11 is 0. The molecule has 3 aromatic carbocycles. The van der Waals surface area contributed by atoms with Gasteiger partial charge in [-0.15, -0.1) is 0 Å². The van der Waals surface area contributed by atoms with Crippen molar-refractivity contribution >= 4 is 34.8 Å². The summed E-state index contributed by atoms with van der Waals surface area (Å²) in [6, 6.07) is 20.1. The molecule has 0 bridgehead atoms. The van der Waals surface area contributed by atoms with Crippen LogP contribution in [0.25, 0.3) is 11.6 Å². The highest BCUT2D eigenvalue weighted by Crippen LogP contribution is 2.25. The predicted molar refractivity (Wildman–Crippen MR) is 121 cm³/mol. The predicted octanol–water partition coefficient (Wildman–Crippen LogP) is 4.48. The van der Waals surface area contributed by atoms with E-state index in [4.69, 9.17) is 5.73 Å². The van der Waals surface area contributed by atoms with E-state index < -0.39 is 5.82 Å². The number of nitrogen functional groups attached to an aromatic ring is 1. The number of hydrogen-bond acceptors (Lipinski definition) is 3. The number of rotatable bonds is 6. The molecular weight excluding hydrogens is 393 g/mol. The second-order valence-corrected chi connectivity index (χ2v) is 7.45. The molecule has 0 unspecified atom stereocenters. The Balaban J connectivity index is 1.58. The average molecular weight is 415 g/mol. The van der Waals surface area contributed by atoms with Crippen LogP contribution in [0.3, 0.4) is 0 Å². The van der Waals surface area contributed by atoms with Gasteiger partial charge in [-0.05, 0) is 54.8 Å².